The molecule has 0 aromatic heterocycles. The molecule has 0 fully saturated rings. The Kier molecular flexibility index (Phi) is 7.18. The molecule has 2 aromatic rings. The van der Waals surface area contributed by atoms with Gasteiger partial charge in [-0.25, -0.2) is 0 Å². The first-order chi connectivity index (χ1) is 11.9. The summed E-state index contributed by atoms with van der Waals surface area (Å²) in [6.07, 6.45) is 0. The van der Waals surface area contributed by atoms with Crippen LogP contribution in [0.5, 0.6) is 11.5 Å². The summed E-state index contributed by atoms with van der Waals surface area (Å²) in [5.41, 5.74) is 0. The molecule has 0 amide bonds. The highest BCUT2D eigenvalue weighted by Crippen LogP contribution is 2.63. The van der Waals surface area contributed by atoms with Crippen molar-refractivity contribution in [3.05, 3.63) is 48.5 Å². The third kappa shape index (κ3) is 4.69. The number of hydrogen-bond acceptors (Lipinski definition) is 7. The molecule has 9 heteroatoms. The average Bonchev–Trinajstić information content (AvgIpc) is 2.67. The molecule has 0 aliphatic carbocycles. The molecule has 25 heavy (non-hydrogen) atoms. The van der Waals surface area contributed by atoms with Crippen LogP contribution in [0.4, 0.5) is 0 Å². The monoisotopic (exact) mass is 418 g/mol. The summed E-state index contributed by atoms with van der Waals surface area (Å²) in [4.78, 5) is 0. The van der Waals surface area contributed by atoms with E-state index >= 15 is 0 Å². The lowest BCUT2D eigenvalue weighted by molar-refractivity contribution is 0.370. The summed E-state index contributed by atoms with van der Waals surface area (Å²) in [7, 11) is 6.25. The maximum absolute atomic E-state index is 6.17. The molecule has 2 aromatic carbocycles. The van der Waals surface area contributed by atoms with Crippen molar-refractivity contribution in [3.8, 4) is 11.5 Å². The van der Waals surface area contributed by atoms with Gasteiger partial charge in [-0.15, -0.1) is 0 Å². The second-order valence-corrected chi connectivity index (χ2v) is 12.1. The van der Waals surface area contributed by atoms with E-state index in [2.05, 4.69) is 0 Å². The predicted molar refractivity (Wildman–Crippen MR) is 109 cm³/mol. The molecule has 0 aliphatic heterocycles. The van der Waals surface area contributed by atoms with Gasteiger partial charge in [-0.3, -0.25) is 4.31 Å². The van der Waals surface area contributed by atoms with Crippen molar-refractivity contribution in [2.45, 2.75) is 0 Å². The molecule has 136 valence electrons. The summed E-state index contributed by atoms with van der Waals surface area (Å²) >= 11 is 11.4. The SMILES string of the molecule is COc1ccc(P(=S)(OC)OP(=S)(OC)c2ccc(OC)cc2)cc1. The molecule has 2 atom stereocenters. The van der Waals surface area contributed by atoms with E-state index in [0.29, 0.717) is 0 Å². The highest BCUT2D eigenvalue weighted by atomic mass is 32.5. The molecule has 0 heterocycles. The molecular weight excluding hydrogens is 398 g/mol. The first-order valence-corrected chi connectivity index (χ1v) is 12.5. The predicted octanol–water partition coefficient (Wildman–Crippen LogP) is 3.58. The van der Waals surface area contributed by atoms with E-state index in [4.69, 9.17) is 46.4 Å². The summed E-state index contributed by atoms with van der Waals surface area (Å²) in [5, 5.41) is 1.48. The van der Waals surface area contributed by atoms with Gasteiger partial charge in [-0.05, 0) is 72.1 Å². The Bertz CT molecular complexity index is 726. The van der Waals surface area contributed by atoms with Crippen molar-refractivity contribution in [3.63, 3.8) is 0 Å². The number of methoxy groups -OCH3 is 2. The molecule has 0 bridgehead atoms. The number of hydrogen-bond donors (Lipinski definition) is 0. The van der Waals surface area contributed by atoms with Gasteiger partial charge < -0.3 is 18.5 Å². The second-order valence-electron chi connectivity index (χ2n) is 4.84. The maximum atomic E-state index is 6.17. The fourth-order valence-electron chi connectivity index (χ4n) is 2.04. The van der Waals surface area contributed by atoms with Crippen molar-refractivity contribution in [1.82, 2.24) is 0 Å². The average molecular weight is 418 g/mol. The van der Waals surface area contributed by atoms with Crippen LogP contribution in [0.25, 0.3) is 0 Å². The van der Waals surface area contributed by atoms with E-state index in [0.717, 1.165) is 22.1 Å². The lowest BCUT2D eigenvalue weighted by Gasteiger charge is -2.28. The highest BCUT2D eigenvalue weighted by Gasteiger charge is 2.32. The van der Waals surface area contributed by atoms with E-state index < -0.39 is 13.0 Å². The van der Waals surface area contributed by atoms with Gasteiger partial charge in [0.1, 0.15) is 11.5 Å². The van der Waals surface area contributed by atoms with Crippen molar-refractivity contribution < 1.29 is 22.8 Å². The van der Waals surface area contributed by atoms with Gasteiger partial charge >= 0.3 is 0 Å². The van der Waals surface area contributed by atoms with Crippen LogP contribution in [0.2, 0.25) is 0 Å². The minimum atomic E-state index is -2.84. The van der Waals surface area contributed by atoms with Crippen LogP contribution in [0.1, 0.15) is 0 Å². The van der Waals surface area contributed by atoms with E-state index in [9.17, 15) is 0 Å². The Labute approximate surface area is 158 Å². The minimum absolute atomic E-state index is 0.725. The standard InChI is InChI=1S/C16H20O5P2S2/c1-17-13-5-9-15(10-6-13)22(24,19-3)21-23(25,20-4)16-11-7-14(18-2)8-12-16/h5-12H,1-4H3. The summed E-state index contributed by atoms with van der Waals surface area (Å²) < 4.78 is 27.7. The quantitative estimate of drug-likeness (QED) is 0.608. The zero-order valence-corrected chi connectivity index (χ0v) is 17.8. The highest BCUT2D eigenvalue weighted by molar-refractivity contribution is 8.21. The van der Waals surface area contributed by atoms with Crippen LogP contribution in [-0.2, 0) is 37.0 Å². The third-order valence-corrected chi connectivity index (χ3v) is 11.4. The Hall–Kier alpha value is -0.780. The molecule has 0 N–H and O–H groups in total. The molecule has 0 saturated carbocycles. The van der Waals surface area contributed by atoms with Gasteiger partial charge in [0, 0.05) is 24.8 Å². The van der Waals surface area contributed by atoms with E-state index in [1.165, 1.54) is 14.2 Å². The van der Waals surface area contributed by atoms with Crippen LogP contribution < -0.4 is 20.1 Å². The van der Waals surface area contributed by atoms with Gasteiger partial charge in [0.2, 0.25) is 13.0 Å². The molecular formula is C16H20O5P2S2. The lowest BCUT2D eigenvalue weighted by atomic mass is 10.3. The largest absolute Gasteiger partial charge is 0.497 e. The zero-order valence-electron chi connectivity index (χ0n) is 14.4. The molecule has 5 nitrogen and oxygen atoms in total. The van der Waals surface area contributed by atoms with Crippen molar-refractivity contribution in [2.24, 2.45) is 0 Å². The molecule has 2 unspecified atom stereocenters. The molecule has 0 radical (unpaired) electrons. The van der Waals surface area contributed by atoms with Crippen molar-refractivity contribution in [2.75, 3.05) is 28.4 Å². The number of ether oxygens (including phenoxy) is 2. The fourth-order valence-corrected chi connectivity index (χ4v) is 8.71. The zero-order chi connectivity index (χ0) is 18.5. The number of rotatable bonds is 8. The maximum Gasteiger partial charge on any atom is 0.225 e. The van der Waals surface area contributed by atoms with Crippen LogP contribution in [-0.4, -0.2) is 28.4 Å². The first kappa shape index (κ1) is 20.5. The van der Waals surface area contributed by atoms with Gasteiger partial charge in [0.05, 0.1) is 14.2 Å². The van der Waals surface area contributed by atoms with E-state index in [1.807, 2.05) is 48.5 Å². The smallest absolute Gasteiger partial charge is 0.225 e. The summed E-state index contributed by atoms with van der Waals surface area (Å²) in [6.45, 7) is -5.68. The molecule has 0 saturated heterocycles. The van der Waals surface area contributed by atoms with Crippen molar-refractivity contribution in [1.29, 1.82) is 0 Å². The van der Waals surface area contributed by atoms with Gasteiger partial charge in [0.25, 0.3) is 0 Å². The Morgan fingerprint density at radius 3 is 1.16 bits per heavy atom. The summed E-state index contributed by atoms with van der Waals surface area (Å²) in [6, 6.07) is 14.5. The minimum Gasteiger partial charge on any atom is -0.497 e. The van der Waals surface area contributed by atoms with Crippen molar-refractivity contribution >= 4 is 47.2 Å². The summed E-state index contributed by atoms with van der Waals surface area (Å²) in [5.74, 6) is 1.45. The van der Waals surface area contributed by atoms with Crippen LogP contribution in [0.15, 0.2) is 48.5 Å². The molecule has 0 aliphatic rings. The Morgan fingerprint density at radius 2 is 0.920 bits per heavy atom. The van der Waals surface area contributed by atoms with Gasteiger partial charge in [-0.2, -0.15) is 0 Å². The normalized spacial score (nSPS) is 15.8. The van der Waals surface area contributed by atoms with Crippen LogP contribution in [0, 0.1) is 0 Å². The van der Waals surface area contributed by atoms with Gasteiger partial charge in [-0.1, -0.05) is 0 Å². The molecule has 2 rings (SSSR count). The van der Waals surface area contributed by atoms with Crippen LogP contribution in [0.3, 0.4) is 0 Å². The Morgan fingerprint density at radius 1 is 0.600 bits per heavy atom. The number of benzene rings is 2. The first-order valence-electron chi connectivity index (χ1n) is 7.23. The topological polar surface area (TPSA) is 46.2 Å². The second kappa shape index (κ2) is 8.74. The van der Waals surface area contributed by atoms with E-state index in [-0.39, 0.29) is 0 Å². The fraction of sp³-hybridized carbons (Fsp3) is 0.250. The molecule has 0 spiro atoms. The van der Waals surface area contributed by atoms with Gasteiger partial charge in [0.15, 0.2) is 0 Å². The van der Waals surface area contributed by atoms with Crippen LogP contribution >= 0.6 is 13.0 Å². The lowest BCUT2D eigenvalue weighted by Crippen LogP contribution is -2.13. The Balaban J connectivity index is 2.38. The third-order valence-electron chi connectivity index (χ3n) is 3.47. The van der Waals surface area contributed by atoms with E-state index in [1.54, 1.807) is 14.2 Å².